The lowest BCUT2D eigenvalue weighted by Crippen LogP contribution is -2.47. The van der Waals surface area contributed by atoms with E-state index < -0.39 is 17.5 Å². The van der Waals surface area contributed by atoms with E-state index in [1.807, 2.05) is 0 Å². The molecule has 90 valence electrons. The summed E-state index contributed by atoms with van der Waals surface area (Å²) >= 11 is 0. The summed E-state index contributed by atoms with van der Waals surface area (Å²) in [7, 11) is 0. The average Bonchev–Trinajstić information content (AvgIpc) is 2.28. The van der Waals surface area contributed by atoms with Gasteiger partial charge in [-0.05, 0) is 6.42 Å². The van der Waals surface area contributed by atoms with Crippen molar-refractivity contribution >= 4 is 23.3 Å². The third kappa shape index (κ3) is 2.25. The molecule has 1 atom stereocenters. The van der Waals surface area contributed by atoms with Crippen LogP contribution in [0.15, 0.2) is 11.1 Å². The highest BCUT2D eigenvalue weighted by Gasteiger charge is 2.27. The number of hydrogen-bond donors (Lipinski definition) is 4. The molecule has 1 aromatic heterocycles. The molecule has 17 heavy (non-hydrogen) atoms. The van der Waals surface area contributed by atoms with Crippen molar-refractivity contribution < 1.29 is 9.59 Å². The van der Waals surface area contributed by atoms with Crippen molar-refractivity contribution in [3.63, 3.8) is 0 Å². The molecule has 1 aromatic rings. The van der Waals surface area contributed by atoms with Crippen LogP contribution in [0.5, 0.6) is 0 Å². The van der Waals surface area contributed by atoms with Crippen LogP contribution >= 0.6 is 0 Å². The normalized spacial score (nSPS) is 19.9. The highest BCUT2D eigenvalue weighted by atomic mass is 16.2. The summed E-state index contributed by atoms with van der Waals surface area (Å²) in [6.45, 7) is 0. The highest BCUT2D eigenvalue weighted by Crippen LogP contribution is 2.14. The van der Waals surface area contributed by atoms with Crippen LogP contribution in [0.2, 0.25) is 0 Å². The third-order valence-corrected chi connectivity index (χ3v) is 2.44. The van der Waals surface area contributed by atoms with Crippen LogP contribution in [0.4, 0.5) is 11.5 Å². The Morgan fingerprint density at radius 2 is 2.18 bits per heavy atom. The van der Waals surface area contributed by atoms with Crippen molar-refractivity contribution in [3.8, 4) is 0 Å². The van der Waals surface area contributed by atoms with Gasteiger partial charge in [-0.1, -0.05) is 0 Å². The highest BCUT2D eigenvalue weighted by molar-refractivity contribution is 6.01. The first-order valence-corrected chi connectivity index (χ1v) is 5.01. The molecule has 1 aliphatic rings. The molecule has 0 aromatic carbocycles. The van der Waals surface area contributed by atoms with Crippen LogP contribution in [0, 0.1) is 0 Å². The number of rotatable bonds is 2. The van der Waals surface area contributed by atoms with Gasteiger partial charge in [0, 0.05) is 6.42 Å². The standard InChI is InChI=1S/C9H11N5O3/c10-6-7(11-3-12-9(6)17)13-4-1-2-5(15)14-8(4)16/h3-4H,1-2,10H2,(H,14,15,16)(H2,11,12,13,17). The number of hydrogen-bond acceptors (Lipinski definition) is 6. The number of aromatic nitrogens is 2. The molecule has 0 radical (unpaired) electrons. The number of carbonyl (C=O) groups is 2. The fourth-order valence-electron chi connectivity index (χ4n) is 1.52. The van der Waals surface area contributed by atoms with Crippen molar-refractivity contribution in [2.45, 2.75) is 18.9 Å². The van der Waals surface area contributed by atoms with Gasteiger partial charge in [0.05, 0.1) is 6.33 Å². The van der Waals surface area contributed by atoms with Gasteiger partial charge in [-0.2, -0.15) is 0 Å². The molecule has 0 aliphatic carbocycles. The molecule has 2 rings (SSSR count). The van der Waals surface area contributed by atoms with E-state index >= 15 is 0 Å². The van der Waals surface area contributed by atoms with Crippen LogP contribution in [-0.4, -0.2) is 27.8 Å². The topological polar surface area (TPSA) is 130 Å². The molecule has 2 heterocycles. The smallest absolute Gasteiger partial charge is 0.276 e. The number of piperidine rings is 1. The zero-order valence-electron chi connectivity index (χ0n) is 8.82. The maximum Gasteiger partial charge on any atom is 0.276 e. The Labute approximate surface area is 95.6 Å². The van der Waals surface area contributed by atoms with E-state index in [2.05, 4.69) is 20.6 Å². The molecule has 0 spiro atoms. The Balaban J connectivity index is 2.16. The summed E-state index contributed by atoms with van der Waals surface area (Å²) in [5, 5.41) is 4.93. The van der Waals surface area contributed by atoms with E-state index in [1.54, 1.807) is 0 Å². The Kier molecular flexibility index (Phi) is 2.77. The second-order valence-electron chi connectivity index (χ2n) is 3.64. The predicted molar refractivity (Wildman–Crippen MR) is 59.1 cm³/mol. The number of carbonyl (C=O) groups excluding carboxylic acids is 2. The molecule has 1 fully saturated rings. The minimum Gasteiger partial charge on any atom is -0.391 e. The first-order chi connectivity index (χ1) is 8.08. The van der Waals surface area contributed by atoms with Gasteiger partial charge >= 0.3 is 0 Å². The zero-order chi connectivity index (χ0) is 12.4. The van der Waals surface area contributed by atoms with Crippen molar-refractivity contribution in [2.75, 3.05) is 11.1 Å². The van der Waals surface area contributed by atoms with Gasteiger partial charge in [-0.25, -0.2) is 4.98 Å². The second kappa shape index (κ2) is 4.24. The summed E-state index contributed by atoms with van der Waals surface area (Å²) in [5.41, 5.74) is 4.94. The first-order valence-electron chi connectivity index (χ1n) is 5.01. The minimum atomic E-state index is -0.607. The number of anilines is 2. The summed E-state index contributed by atoms with van der Waals surface area (Å²) in [6.07, 6.45) is 1.78. The van der Waals surface area contributed by atoms with Crippen molar-refractivity contribution in [1.82, 2.24) is 15.3 Å². The van der Waals surface area contributed by atoms with Crippen LogP contribution < -0.4 is 21.9 Å². The largest absolute Gasteiger partial charge is 0.391 e. The SMILES string of the molecule is Nc1c(NC2CCC(=O)NC2=O)nc[nH]c1=O. The Hall–Kier alpha value is -2.38. The van der Waals surface area contributed by atoms with E-state index in [0.29, 0.717) is 6.42 Å². The molecule has 1 unspecified atom stereocenters. The van der Waals surface area contributed by atoms with E-state index in [4.69, 9.17) is 5.73 Å². The number of nitrogens with two attached hydrogens (primary N) is 1. The summed E-state index contributed by atoms with van der Waals surface area (Å²) in [6, 6.07) is -0.607. The number of amides is 2. The van der Waals surface area contributed by atoms with Gasteiger partial charge in [0.2, 0.25) is 11.8 Å². The zero-order valence-corrected chi connectivity index (χ0v) is 8.82. The lowest BCUT2D eigenvalue weighted by atomic mass is 10.1. The molecule has 0 bridgehead atoms. The molecule has 2 amide bonds. The van der Waals surface area contributed by atoms with Crippen LogP contribution in [0.25, 0.3) is 0 Å². The van der Waals surface area contributed by atoms with E-state index in [1.165, 1.54) is 6.33 Å². The minimum absolute atomic E-state index is 0.0859. The fourth-order valence-corrected chi connectivity index (χ4v) is 1.52. The van der Waals surface area contributed by atoms with Gasteiger partial charge in [-0.15, -0.1) is 0 Å². The monoisotopic (exact) mass is 237 g/mol. The van der Waals surface area contributed by atoms with Gasteiger partial charge < -0.3 is 16.0 Å². The molecule has 8 nitrogen and oxygen atoms in total. The number of imide groups is 1. The van der Waals surface area contributed by atoms with Gasteiger partial charge in [0.15, 0.2) is 5.82 Å². The molecule has 0 saturated carbocycles. The van der Waals surface area contributed by atoms with E-state index in [9.17, 15) is 14.4 Å². The number of aromatic amines is 1. The quantitative estimate of drug-likeness (QED) is 0.466. The van der Waals surface area contributed by atoms with Gasteiger partial charge in [0.25, 0.3) is 5.56 Å². The van der Waals surface area contributed by atoms with Crippen molar-refractivity contribution in [2.24, 2.45) is 0 Å². The Morgan fingerprint density at radius 3 is 2.88 bits per heavy atom. The van der Waals surface area contributed by atoms with Crippen molar-refractivity contribution in [1.29, 1.82) is 0 Å². The molecular weight excluding hydrogens is 226 g/mol. The second-order valence-corrected chi connectivity index (χ2v) is 3.64. The lowest BCUT2D eigenvalue weighted by molar-refractivity contribution is -0.133. The van der Waals surface area contributed by atoms with Gasteiger partial charge in [-0.3, -0.25) is 19.7 Å². The summed E-state index contributed by atoms with van der Waals surface area (Å²) in [5.74, 6) is -0.606. The van der Waals surface area contributed by atoms with Crippen molar-refractivity contribution in [3.05, 3.63) is 16.7 Å². The average molecular weight is 237 g/mol. The van der Waals surface area contributed by atoms with Gasteiger partial charge in [0.1, 0.15) is 11.7 Å². The number of nitrogens with zero attached hydrogens (tertiary/aromatic N) is 1. The lowest BCUT2D eigenvalue weighted by Gasteiger charge is -2.22. The summed E-state index contributed by atoms with van der Waals surface area (Å²) in [4.78, 5) is 39.7. The fraction of sp³-hybridized carbons (Fsp3) is 0.333. The van der Waals surface area contributed by atoms with Crippen LogP contribution in [0.3, 0.4) is 0 Å². The molecule has 8 heteroatoms. The van der Waals surface area contributed by atoms with Crippen LogP contribution in [-0.2, 0) is 9.59 Å². The summed E-state index contributed by atoms with van der Waals surface area (Å²) < 4.78 is 0. The maximum absolute atomic E-state index is 11.5. The molecular formula is C9H11N5O3. The van der Waals surface area contributed by atoms with Crippen LogP contribution in [0.1, 0.15) is 12.8 Å². The number of nitrogens with one attached hydrogen (secondary N) is 3. The third-order valence-electron chi connectivity index (χ3n) is 2.44. The first kappa shape index (κ1) is 11.1. The number of H-pyrrole nitrogens is 1. The van der Waals surface area contributed by atoms with E-state index in [0.717, 1.165) is 0 Å². The Morgan fingerprint density at radius 1 is 1.41 bits per heavy atom. The number of nitrogen functional groups attached to an aromatic ring is 1. The molecule has 1 aliphatic heterocycles. The Bertz CT molecular complexity index is 524. The predicted octanol–water partition coefficient (Wildman–Crippen LogP) is -1.43. The molecule has 1 saturated heterocycles. The maximum atomic E-state index is 11.5. The molecule has 5 N–H and O–H groups in total. The van der Waals surface area contributed by atoms with E-state index in [-0.39, 0.29) is 23.8 Å².